The number of aryl methyl sites for hydroxylation is 1. The lowest BCUT2D eigenvalue weighted by atomic mass is 10.2. The second-order valence-corrected chi connectivity index (χ2v) is 3.45. The highest BCUT2D eigenvalue weighted by Gasteiger charge is 2.09. The summed E-state index contributed by atoms with van der Waals surface area (Å²) in [4.78, 5) is 14.7. The van der Waals surface area contributed by atoms with Crippen molar-refractivity contribution in [3.05, 3.63) is 28.0 Å². The highest BCUT2D eigenvalue weighted by molar-refractivity contribution is 9.10. The number of nitrogens with zero attached hydrogens (tertiary/aromatic N) is 1. The first kappa shape index (κ1) is 10.2. The molecule has 0 radical (unpaired) electrons. The molecule has 1 rings (SSSR count). The van der Waals surface area contributed by atoms with E-state index in [1.165, 1.54) is 0 Å². The molecule has 1 heterocycles. The molecule has 0 aliphatic heterocycles. The lowest BCUT2D eigenvalue weighted by Crippen LogP contribution is -2.01. The second kappa shape index (κ2) is 4.37. The molecule has 0 aliphatic rings. The van der Waals surface area contributed by atoms with Crippen LogP contribution in [0.4, 0.5) is 0 Å². The van der Waals surface area contributed by atoms with Crippen LogP contribution < -0.4 is 0 Å². The summed E-state index contributed by atoms with van der Waals surface area (Å²) in [6.07, 6.45) is 1.88. The van der Waals surface area contributed by atoms with E-state index in [1.54, 1.807) is 12.1 Å². The molecule has 0 saturated heterocycles. The molecule has 0 aromatic carbocycles. The van der Waals surface area contributed by atoms with E-state index in [4.69, 9.17) is 5.11 Å². The van der Waals surface area contributed by atoms with Gasteiger partial charge in [0.15, 0.2) is 0 Å². The topological polar surface area (TPSA) is 50.2 Å². The molecule has 0 fully saturated rings. The Hall–Kier alpha value is -0.900. The number of aromatic carboxylic acids is 1. The smallest absolute Gasteiger partial charge is 0.338 e. The Morgan fingerprint density at radius 2 is 2.31 bits per heavy atom. The van der Waals surface area contributed by atoms with Crippen molar-refractivity contribution in [1.29, 1.82) is 0 Å². The Kier molecular flexibility index (Phi) is 3.42. The standard InChI is InChI=1S/C9H10BrNO2/c1-2-3-6-4-5-7(9(12)13)8(10)11-6/h4-5H,2-3H2,1H3,(H,12,13). The predicted octanol–water partition coefficient (Wildman–Crippen LogP) is 2.49. The number of carboxylic acids is 1. The van der Waals surface area contributed by atoms with Gasteiger partial charge in [-0.25, -0.2) is 9.78 Å². The van der Waals surface area contributed by atoms with Crippen LogP contribution in [0.5, 0.6) is 0 Å². The van der Waals surface area contributed by atoms with Crippen molar-refractivity contribution >= 4 is 21.9 Å². The van der Waals surface area contributed by atoms with Gasteiger partial charge in [0.2, 0.25) is 0 Å². The van der Waals surface area contributed by atoms with Crippen LogP contribution in [0.3, 0.4) is 0 Å². The van der Waals surface area contributed by atoms with Gasteiger partial charge in [0, 0.05) is 5.69 Å². The fraction of sp³-hybridized carbons (Fsp3) is 0.333. The van der Waals surface area contributed by atoms with E-state index in [9.17, 15) is 4.79 Å². The summed E-state index contributed by atoms with van der Waals surface area (Å²) in [7, 11) is 0. The molecule has 13 heavy (non-hydrogen) atoms. The van der Waals surface area contributed by atoms with Gasteiger partial charge in [0.25, 0.3) is 0 Å². The Morgan fingerprint density at radius 1 is 1.62 bits per heavy atom. The van der Waals surface area contributed by atoms with Crippen LogP contribution in [0, 0.1) is 0 Å². The third-order valence-electron chi connectivity index (χ3n) is 1.64. The van der Waals surface area contributed by atoms with Crippen LogP contribution in [0.2, 0.25) is 0 Å². The van der Waals surface area contributed by atoms with E-state index in [0.717, 1.165) is 18.5 Å². The second-order valence-electron chi connectivity index (χ2n) is 2.70. The monoisotopic (exact) mass is 243 g/mol. The molecular formula is C9H10BrNO2. The lowest BCUT2D eigenvalue weighted by Gasteiger charge is -2.01. The summed E-state index contributed by atoms with van der Waals surface area (Å²) in [6.45, 7) is 2.06. The quantitative estimate of drug-likeness (QED) is 0.831. The van der Waals surface area contributed by atoms with Crippen molar-refractivity contribution in [2.45, 2.75) is 19.8 Å². The van der Waals surface area contributed by atoms with Crippen LogP contribution in [-0.2, 0) is 6.42 Å². The number of carbonyl (C=O) groups is 1. The van der Waals surface area contributed by atoms with E-state index in [0.29, 0.717) is 4.60 Å². The van der Waals surface area contributed by atoms with E-state index in [2.05, 4.69) is 27.8 Å². The highest BCUT2D eigenvalue weighted by Crippen LogP contribution is 2.15. The highest BCUT2D eigenvalue weighted by atomic mass is 79.9. The average Bonchev–Trinajstić information content (AvgIpc) is 2.04. The number of carboxylic acid groups (broad SMARTS) is 1. The first-order valence-corrected chi connectivity index (χ1v) is 4.83. The van der Waals surface area contributed by atoms with Gasteiger partial charge in [0.1, 0.15) is 4.60 Å². The number of hydrogen-bond acceptors (Lipinski definition) is 2. The summed E-state index contributed by atoms with van der Waals surface area (Å²) < 4.78 is 0.408. The maximum absolute atomic E-state index is 10.6. The number of hydrogen-bond donors (Lipinski definition) is 1. The molecule has 0 bridgehead atoms. The molecule has 1 aromatic rings. The first-order valence-electron chi connectivity index (χ1n) is 4.04. The Morgan fingerprint density at radius 3 is 2.77 bits per heavy atom. The molecule has 0 spiro atoms. The Balaban J connectivity index is 2.98. The third-order valence-corrected chi connectivity index (χ3v) is 2.25. The van der Waals surface area contributed by atoms with Gasteiger partial charge in [-0.3, -0.25) is 0 Å². The molecule has 0 aliphatic carbocycles. The van der Waals surface area contributed by atoms with Crippen LogP contribution in [0.1, 0.15) is 29.4 Å². The SMILES string of the molecule is CCCc1ccc(C(=O)O)c(Br)n1. The largest absolute Gasteiger partial charge is 0.478 e. The van der Waals surface area contributed by atoms with E-state index >= 15 is 0 Å². The van der Waals surface area contributed by atoms with Crippen LogP contribution >= 0.6 is 15.9 Å². The zero-order valence-electron chi connectivity index (χ0n) is 7.25. The zero-order chi connectivity index (χ0) is 9.84. The number of pyridine rings is 1. The molecule has 0 atom stereocenters. The van der Waals surface area contributed by atoms with Crippen molar-refractivity contribution < 1.29 is 9.90 Å². The molecule has 4 heteroatoms. The summed E-state index contributed by atoms with van der Waals surface area (Å²) in [5.41, 5.74) is 1.12. The summed E-state index contributed by atoms with van der Waals surface area (Å²) >= 11 is 3.13. The third kappa shape index (κ3) is 2.52. The van der Waals surface area contributed by atoms with Gasteiger partial charge in [-0.15, -0.1) is 0 Å². The Labute approximate surface area is 84.9 Å². The molecule has 0 amide bonds. The molecular weight excluding hydrogens is 234 g/mol. The van der Waals surface area contributed by atoms with Crippen molar-refractivity contribution in [1.82, 2.24) is 4.98 Å². The van der Waals surface area contributed by atoms with Crippen LogP contribution in [-0.4, -0.2) is 16.1 Å². The number of halogens is 1. The molecule has 0 unspecified atom stereocenters. The minimum absolute atomic E-state index is 0.208. The molecule has 1 N–H and O–H groups in total. The van der Waals surface area contributed by atoms with Gasteiger partial charge in [0.05, 0.1) is 5.56 Å². The van der Waals surface area contributed by atoms with Gasteiger partial charge in [-0.2, -0.15) is 0 Å². The van der Waals surface area contributed by atoms with Gasteiger partial charge >= 0.3 is 5.97 Å². The predicted molar refractivity (Wildman–Crippen MR) is 52.9 cm³/mol. The van der Waals surface area contributed by atoms with Gasteiger partial charge in [-0.1, -0.05) is 13.3 Å². The molecule has 70 valence electrons. The number of aromatic nitrogens is 1. The maximum atomic E-state index is 10.6. The van der Waals surface area contributed by atoms with Crippen LogP contribution in [0.15, 0.2) is 16.7 Å². The van der Waals surface area contributed by atoms with Crippen molar-refractivity contribution in [3.63, 3.8) is 0 Å². The van der Waals surface area contributed by atoms with Gasteiger partial charge < -0.3 is 5.11 Å². The normalized spacial score (nSPS) is 10.0. The number of rotatable bonds is 3. The Bertz CT molecular complexity index is 325. The van der Waals surface area contributed by atoms with E-state index in [1.807, 2.05) is 0 Å². The minimum Gasteiger partial charge on any atom is -0.478 e. The minimum atomic E-state index is -0.956. The van der Waals surface area contributed by atoms with Gasteiger partial charge in [-0.05, 0) is 34.5 Å². The molecule has 1 aromatic heterocycles. The van der Waals surface area contributed by atoms with Crippen LogP contribution in [0.25, 0.3) is 0 Å². The maximum Gasteiger partial charge on any atom is 0.338 e. The lowest BCUT2D eigenvalue weighted by molar-refractivity contribution is 0.0695. The van der Waals surface area contributed by atoms with E-state index < -0.39 is 5.97 Å². The summed E-state index contributed by atoms with van der Waals surface area (Å²) in [5.74, 6) is -0.956. The molecule has 3 nitrogen and oxygen atoms in total. The van der Waals surface area contributed by atoms with Crippen molar-refractivity contribution in [3.8, 4) is 0 Å². The van der Waals surface area contributed by atoms with Crippen molar-refractivity contribution in [2.75, 3.05) is 0 Å². The average molecular weight is 244 g/mol. The van der Waals surface area contributed by atoms with Crippen molar-refractivity contribution in [2.24, 2.45) is 0 Å². The fourth-order valence-electron chi connectivity index (χ4n) is 1.03. The molecule has 0 saturated carbocycles. The zero-order valence-corrected chi connectivity index (χ0v) is 8.84. The van der Waals surface area contributed by atoms with E-state index in [-0.39, 0.29) is 5.56 Å². The summed E-state index contributed by atoms with van der Waals surface area (Å²) in [6, 6.07) is 3.32. The first-order chi connectivity index (χ1) is 6.15. The summed E-state index contributed by atoms with van der Waals surface area (Å²) in [5, 5.41) is 8.72. The fourth-order valence-corrected chi connectivity index (χ4v) is 1.56.